The van der Waals surface area contributed by atoms with Crippen LogP contribution < -0.4 is 4.74 Å². The molecule has 6 nitrogen and oxygen atoms in total. The normalized spacial score (nSPS) is 11.8. The molecule has 3 aromatic rings. The van der Waals surface area contributed by atoms with E-state index < -0.39 is 6.10 Å². The van der Waals surface area contributed by atoms with Gasteiger partial charge in [0.15, 0.2) is 6.10 Å². The molecule has 3 rings (SSSR count). The molecule has 1 atom stereocenters. The fourth-order valence-corrected chi connectivity index (χ4v) is 2.72. The van der Waals surface area contributed by atoms with Crippen LogP contribution in [0.15, 0.2) is 59.1 Å². The molecule has 140 valence electrons. The Morgan fingerprint density at radius 3 is 2.67 bits per heavy atom. The molecule has 0 aliphatic rings. The van der Waals surface area contributed by atoms with Crippen molar-refractivity contribution < 1.29 is 14.1 Å². The topological polar surface area (TPSA) is 68.5 Å². The number of para-hydroxylation sites is 1. The molecule has 1 aromatic heterocycles. The summed E-state index contributed by atoms with van der Waals surface area (Å²) in [5, 5.41) is 4.02. The molecule has 0 aliphatic heterocycles. The largest absolute Gasteiger partial charge is 0.481 e. The second-order valence-corrected chi connectivity index (χ2v) is 6.40. The van der Waals surface area contributed by atoms with Crippen LogP contribution in [0, 0.1) is 6.92 Å². The van der Waals surface area contributed by atoms with Gasteiger partial charge in [0.25, 0.3) is 5.91 Å². The molecule has 0 aliphatic carbocycles. The summed E-state index contributed by atoms with van der Waals surface area (Å²) in [4.78, 5) is 18.7. The van der Waals surface area contributed by atoms with E-state index in [1.807, 2.05) is 68.4 Å². The number of carbonyl (C=O) groups excluding carboxylic acids is 1. The van der Waals surface area contributed by atoms with Crippen molar-refractivity contribution in [2.45, 2.75) is 32.9 Å². The lowest BCUT2D eigenvalue weighted by Crippen LogP contribution is -2.39. The van der Waals surface area contributed by atoms with Crippen LogP contribution in [0.2, 0.25) is 0 Å². The number of amides is 1. The molecular formula is C21H23N3O3. The van der Waals surface area contributed by atoms with Gasteiger partial charge in [-0.15, -0.1) is 0 Å². The van der Waals surface area contributed by atoms with E-state index in [1.54, 1.807) is 11.9 Å². The maximum absolute atomic E-state index is 12.7. The highest BCUT2D eigenvalue weighted by molar-refractivity contribution is 5.80. The first-order valence-corrected chi connectivity index (χ1v) is 8.93. The third-order valence-electron chi connectivity index (χ3n) is 4.16. The van der Waals surface area contributed by atoms with E-state index in [9.17, 15) is 4.79 Å². The number of carbonyl (C=O) groups is 1. The number of ether oxygens (including phenoxy) is 1. The zero-order valence-electron chi connectivity index (χ0n) is 15.8. The number of aromatic nitrogens is 2. The number of hydrogen-bond acceptors (Lipinski definition) is 5. The number of hydrogen-bond donors (Lipinski definition) is 0. The maximum Gasteiger partial charge on any atom is 0.263 e. The molecule has 1 amide bonds. The lowest BCUT2D eigenvalue weighted by Gasteiger charge is -2.22. The van der Waals surface area contributed by atoms with Crippen molar-refractivity contribution in [3.05, 3.63) is 66.1 Å². The number of benzene rings is 2. The number of aryl methyl sites for hydroxylation is 1. The van der Waals surface area contributed by atoms with Crippen molar-refractivity contribution in [2.24, 2.45) is 0 Å². The molecule has 0 spiro atoms. The third-order valence-corrected chi connectivity index (χ3v) is 4.16. The first kappa shape index (κ1) is 18.6. The fraction of sp³-hybridized carbons (Fsp3) is 0.286. The van der Waals surface area contributed by atoms with Gasteiger partial charge in [-0.1, -0.05) is 54.0 Å². The van der Waals surface area contributed by atoms with Crippen LogP contribution in [-0.2, 0) is 11.3 Å². The summed E-state index contributed by atoms with van der Waals surface area (Å²) in [7, 11) is 1.70. The monoisotopic (exact) mass is 365 g/mol. The standard InChI is InChI=1S/C21H23N3O3/c1-4-18(26-17-11-6-5-7-12-17)21(25)24(3)14-19-22-20(23-27-19)16-10-8-9-15(2)13-16/h5-13,18H,4,14H2,1-3H3. The first-order chi connectivity index (χ1) is 13.1. The Morgan fingerprint density at radius 1 is 1.19 bits per heavy atom. The van der Waals surface area contributed by atoms with Gasteiger partial charge in [-0.05, 0) is 31.5 Å². The van der Waals surface area contributed by atoms with Gasteiger partial charge in [-0.3, -0.25) is 4.79 Å². The minimum absolute atomic E-state index is 0.128. The quantitative estimate of drug-likeness (QED) is 0.636. The van der Waals surface area contributed by atoms with E-state index in [0.29, 0.717) is 23.9 Å². The summed E-state index contributed by atoms with van der Waals surface area (Å²) in [6, 6.07) is 17.2. The highest BCUT2D eigenvalue weighted by Gasteiger charge is 2.24. The molecule has 0 bridgehead atoms. The minimum Gasteiger partial charge on any atom is -0.481 e. The average molecular weight is 365 g/mol. The molecular weight excluding hydrogens is 342 g/mol. The maximum atomic E-state index is 12.7. The van der Waals surface area contributed by atoms with E-state index in [0.717, 1.165) is 11.1 Å². The summed E-state index contributed by atoms with van der Waals surface area (Å²) < 4.78 is 11.1. The average Bonchev–Trinajstić information content (AvgIpc) is 3.15. The molecule has 2 aromatic carbocycles. The fourth-order valence-electron chi connectivity index (χ4n) is 2.72. The Morgan fingerprint density at radius 2 is 1.96 bits per heavy atom. The molecule has 0 saturated carbocycles. The number of likely N-dealkylation sites (N-methyl/N-ethyl adjacent to an activating group) is 1. The highest BCUT2D eigenvalue weighted by atomic mass is 16.5. The van der Waals surface area contributed by atoms with Crippen LogP contribution in [0.5, 0.6) is 5.75 Å². The summed E-state index contributed by atoms with van der Waals surface area (Å²) in [5.74, 6) is 1.45. The van der Waals surface area contributed by atoms with E-state index in [1.165, 1.54) is 0 Å². The predicted octanol–water partition coefficient (Wildman–Crippen LogP) is 3.86. The summed E-state index contributed by atoms with van der Waals surface area (Å²) in [6.07, 6.45) is 0.00718. The molecule has 27 heavy (non-hydrogen) atoms. The van der Waals surface area contributed by atoms with E-state index in [-0.39, 0.29) is 12.5 Å². The van der Waals surface area contributed by atoms with Gasteiger partial charge in [0.05, 0.1) is 6.54 Å². The Hall–Kier alpha value is -3.15. The molecule has 1 unspecified atom stereocenters. The van der Waals surface area contributed by atoms with Crippen molar-refractivity contribution in [3.8, 4) is 17.1 Å². The SMILES string of the molecule is CCC(Oc1ccccc1)C(=O)N(C)Cc1nc(-c2cccc(C)c2)no1. The second kappa shape index (κ2) is 8.49. The number of nitrogens with zero attached hydrogens (tertiary/aromatic N) is 3. The third kappa shape index (κ3) is 4.73. The zero-order chi connectivity index (χ0) is 19.2. The first-order valence-electron chi connectivity index (χ1n) is 8.93. The van der Waals surface area contributed by atoms with Crippen LogP contribution in [-0.4, -0.2) is 34.1 Å². The van der Waals surface area contributed by atoms with Gasteiger partial charge >= 0.3 is 0 Å². The van der Waals surface area contributed by atoms with Crippen LogP contribution in [0.1, 0.15) is 24.8 Å². The lowest BCUT2D eigenvalue weighted by atomic mass is 10.1. The van der Waals surface area contributed by atoms with Gasteiger partial charge in [-0.2, -0.15) is 4.98 Å². The predicted molar refractivity (Wildman–Crippen MR) is 102 cm³/mol. The van der Waals surface area contributed by atoms with Crippen molar-refractivity contribution in [3.63, 3.8) is 0 Å². The Bertz CT molecular complexity index is 892. The molecule has 0 fully saturated rings. The Balaban J connectivity index is 1.65. The van der Waals surface area contributed by atoms with Gasteiger partial charge in [0.2, 0.25) is 11.7 Å². The Kier molecular flexibility index (Phi) is 5.86. The van der Waals surface area contributed by atoms with Crippen LogP contribution in [0.4, 0.5) is 0 Å². The molecule has 0 N–H and O–H groups in total. The van der Waals surface area contributed by atoms with Crippen molar-refractivity contribution >= 4 is 5.91 Å². The van der Waals surface area contributed by atoms with Gasteiger partial charge in [0, 0.05) is 12.6 Å². The van der Waals surface area contributed by atoms with Crippen molar-refractivity contribution in [2.75, 3.05) is 7.05 Å². The minimum atomic E-state index is -0.559. The smallest absolute Gasteiger partial charge is 0.263 e. The summed E-state index contributed by atoms with van der Waals surface area (Å²) >= 11 is 0. The number of rotatable bonds is 7. The van der Waals surface area contributed by atoms with Crippen LogP contribution >= 0.6 is 0 Å². The molecule has 1 heterocycles. The molecule has 6 heteroatoms. The van der Waals surface area contributed by atoms with E-state index in [2.05, 4.69) is 10.1 Å². The van der Waals surface area contributed by atoms with Crippen molar-refractivity contribution in [1.82, 2.24) is 15.0 Å². The van der Waals surface area contributed by atoms with Gasteiger partial charge < -0.3 is 14.2 Å². The van der Waals surface area contributed by atoms with E-state index in [4.69, 9.17) is 9.26 Å². The van der Waals surface area contributed by atoms with Crippen LogP contribution in [0.3, 0.4) is 0 Å². The van der Waals surface area contributed by atoms with E-state index >= 15 is 0 Å². The highest BCUT2D eigenvalue weighted by Crippen LogP contribution is 2.18. The molecule has 0 saturated heterocycles. The summed E-state index contributed by atoms with van der Waals surface area (Å²) in [5.41, 5.74) is 2.01. The summed E-state index contributed by atoms with van der Waals surface area (Å²) in [6.45, 7) is 4.16. The lowest BCUT2D eigenvalue weighted by molar-refractivity contribution is -0.138. The second-order valence-electron chi connectivity index (χ2n) is 6.40. The molecule has 0 radical (unpaired) electrons. The Labute approximate surface area is 158 Å². The van der Waals surface area contributed by atoms with Gasteiger partial charge in [0.1, 0.15) is 5.75 Å². The van der Waals surface area contributed by atoms with Crippen molar-refractivity contribution in [1.29, 1.82) is 0 Å². The van der Waals surface area contributed by atoms with Gasteiger partial charge in [-0.25, -0.2) is 0 Å². The zero-order valence-corrected chi connectivity index (χ0v) is 15.8. The van der Waals surface area contributed by atoms with Crippen LogP contribution in [0.25, 0.3) is 11.4 Å².